The van der Waals surface area contributed by atoms with Gasteiger partial charge in [-0.25, -0.2) is 9.78 Å². The van der Waals surface area contributed by atoms with Gasteiger partial charge in [-0.15, -0.1) is 39.9 Å². The highest BCUT2D eigenvalue weighted by Crippen LogP contribution is 2.41. The van der Waals surface area contributed by atoms with E-state index in [0.717, 1.165) is 11.3 Å². The molecule has 0 radical (unpaired) electrons. The van der Waals surface area contributed by atoms with Crippen LogP contribution < -0.4 is 10.6 Å². The third-order valence-corrected chi connectivity index (χ3v) is 8.32. The van der Waals surface area contributed by atoms with Gasteiger partial charge in [0.25, 0.3) is 11.8 Å². The standard InChI is InChI=1S/C20H20N8O6S3/c1-3-4-27-8-22-25-20(27)37-6-10-5-35-17-13(16(31)28(17)14(10)18(32)33)24-15(30)12(26-34-2)11-7-36-19(23-11)21-9-29/h3,7-9,13,17H,1,4-6H2,2H3,(H,24,30)(H,32,33)(H,21,23,29)/t13?,17-/m1/s1. The molecule has 2 aliphatic rings. The van der Waals surface area contributed by atoms with Crippen LogP contribution in [0.25, 0.3) is 0 Å². The first-order valence-corrected chi connectivity index (χ1v) is 13.4. The van der Waals surface area contributed by atoms with Gasteiger partial charge < -0.3 is 25.1 Å². The molecule has 2 atom stereocenters. The van der Waals surface area contributed by atoms with Crippen LogP contribution in [0, 0.1) is 0 Å². The van der Waals surface area contributed by atoms with E-state index in [4.69, 9.17) is 4.84 Å². The molecular formula is C20H20N8O6S3. The summed E-state index contributed by atoms with van der Waals surface area (Å²) in [6, 6.07) is -0.968. The third kappa shape index (κ3) is 5.37. The van der Waals surface area contributed by atoms with E-state index in [1.165, 1.54) is 40.9 Å². The fourth-order valence-electron chi connectivity index (χ4n) is 3.57. The molecule has 0 aromatic carbocycles. The number of carboxylic acid groups (broad SMARTS) is 1. The summed E-state index contributed by atoms with van der Waals surface area (Å²) in [5, 5.41) is 28.2. The van der Waals surface area contributed by atoms with Crippen LogP contribution in [0.3, 0.4) is 0 Å². The molecule has 1 unspecified atom stereocenters. The van der Waals surface area contributed by atoms with Gasteiger partial charge in [0.2, 0.25) is 6.41 Å². The molecule has 3 N–H and O–H groups in total. The van der Waals surface area contributed by atoms with E-state index < -0.39 is 29.2 Å². The van der Waals surface area contributed by atoms with E-state index in [9.17, 15) is 24.3 Å². The Labute approximate surface area is 222 Å². The molecule has 1 saturated heterocycles. The molecule has 1 fully saturated rings. The van der Waals surface area contributed by atoms with Crippen molar-refractivity contribution in [3.8, 4) is 0 Å². The summed E-state index contributed by atoms with van der Waals surface area (Å²) in [6.45, 7) is 4.19. The number of nitrogens with one attached hydrogen (secondary N) is 2. The number of aliphatic carboxylic acids is 1. The molecule has 2 aromatic heterocycles. The number of anilines is 1. The highest BCUT2D eigenvalue weighted by molar-refractivity contribution is 8.01. The number of hydrogen-bond donors (Lipinski definition) is 3. The Bertz CT molecular complexity index is 1300. The average Bonchev–Trinajstić information content (AvgIpc) is 3.53. The lowest BCUT2D eigenvalue weighted by Crippen LogP contribution is -2.71. The lowest BCUT2D eigenvalue weighted by molar-refractivity contribution is -0.150. The van der Waals surface area contributed by atoms with Crippen molar-refractivity contribution in [2.75, 3.05) is 23.9 Å². The number of aromatic nitrogens is 4. The van der Waals surface area contributed by atoms with Crippen molar-refractivity contribution in [2.24, 2.45) is 5.16 Å². The minimum absolute atomic E-state index is 0.101. The SMILES string of the molecule is C=CCn1cnnc1SCC1=C(C(=O)O)N2C(=O)C(NC(=O)C(=NOC)c3csc(NC=O)n3)[C@H]2SC1. The largest absolute Gasteiger partial charge is 0.477 e. The molecule has 3 amide bonds. The van der Waals surface area contributed by atoms with Crippen molar-refractivity contribution < 1.29 is 29.1 Å². The Hall–Kier alpha value is -3.70. The summed E-state index contributed by atoms with van der Waals surface area (Å²) in [4.78, 5) is 58.7. The molecule has 194 valence electrons. The summed E-state index contributed by atoms with van der Waals surface area (Å²) < 4.78 is 1.78. The summed E-state index contributed by atoms with van der Waals surface area (Å²) in [6.07, 6.45) is 3.70. The quantitative estimate of drug-likeness (QED) is 0.0809. The van der Waals surface area contributed by atoms with E-state index in [2.05, 4.69) is 37.5 Å². The van der Waals surface area contributed by atoms with Crippen LogP contribution in [0.15, 0.2) is 45.9 Å². The number of fused-ring (bicyclic) bond motifs is 1. The van der Waals surface area contributed by atoms with E-state index in [1.807, 2.05) is 0 Å². The molecule has 17 heteroatoms. The van der Waals surface area contributed by atoms with E-state index in [0.29, 0.717) is 35.2 Å². The van der Waals surface area contributed by atoms with Crippen LogP contribution in [0.4, 0.5) is 5.13 Å². The molecule has 0 bridgehead atoms. The second-order valence-electron chi connectivity index (χ2n) is 7.38. The number of nitrogens with zero attached hydrogens (tertiary/aromatic N) is 6. The van der Waals surface area contributed by atoms with Crippen molar-refractivity contribution in [3.63, 3.8) is 0 Å². The van der Waals surface area contributed by atoms with Gasteiger partial charge in [0, 0.05) is 23.4 Å². The molecule has 4 heterocycles. The number of carboxylic acids is 1. The number of amides is 3. The number of thiazole rings is 1. The molecule has 2 aromatic rings. The topological polar surface area (TPSA) is 181 Å². The zero-order valence-electron chi connectivity index (χ0n) is 19.2. The van der Waals surface area contributed by atoms with Gasteiger partial charge in [-0.1, -0.05) is 23.0 Å². The van der Waals surface area contributed by atoms with Crippen molar-refractivity contribution in [2.45, 2.75) is 23.1 Å². The highest BCUT2D eigenvalue weighted by atomic mass is 32.2. The number of carbonyl (C=O) groups is 4. The van der Waals surface area contributed by atoms with Crippen LogP contribution >= 0.6 is 34.9 Å². The molecule has 0 saturated carbocycles. The molecule has 0 aliphatic carbocycles. The van der Waals surface area contributed by atoms with Gasteiger partial charge in [0.05, 0.1) is 0 Å². The zero-order valence-corrected chi connectivity index (χ0v) is 21.6. The maximum atomic E-state index is 13.0. The van der Waals surface area contributed by atoms with Crippen LogP contribution in [-0.2, 0) is 30.6 Å². The zero-order chi connectivity index (χ0) is 26.5. The normalized spacial score (nSPS) is 19.1. The Morgan fingerprint density at radius 3 is 2.97 bits per heavy atom. The number of oxime groups is 1. The average molecular weight is 565 g/mol. The maximum Gasteiger partial charge on any atom is 0.352 e. The van der Waals surface area contributed by atoms with Gasteiger partial charge in [-0.05, 0) is 5.57 Å². The summed E-state index contributed by atoms with van der Waals surface area (Å²) in [5.41, 5.74) is 0.406. The van der Waals surface area contributed by atoms with Gasteiger partial charge in [0.15, 0.2) is 16.0 Å². The van der Waals surface area contributed by atoms with E-state index >= 15 is 0 Å². The molecule has 0 spiro atoms. The lowest BCUT2D eigenvalue weighted by atomic mass is 10.0. The number of allylic oxidation sites excluding steroid dienone is 1. The number of rotatable bonds is 12. The second kappa shape index (κ2) is 11.6. The van der Waals surface area contributed by atoms with Gasteiger partial charge in [0.1, 0.15) is 36.2 Å². The molecular weight excluding hydrogens is 544 g/mol. The first-order valence-electron chi connectivity index (χ1n) is 10.5. The smallest absolute Gasteiger partial charge is 0.352 e. The fraction of sp³-hybridized carbons (Fsp3) is 0.300. The molecule has 37 heavy (non-hydrogen) atoms. The van der Waals surface area contributed by atoms with Crippen molar-refractivity contribution in [3.05, 3.63) is 41.3 Å². The minimum atomic E-state index is -1.23. The minimum Gasteiger partial charge on any atom is -0.477 e. The first-order chi connectivity index (χ1) is 17.9. The predicted octanol–water partition coefficient (Wildman–Crippen LogP) is 0.370. The van der Waals surface area contributed by atoms with Crippen LogP contribution in [-0.4, -0.2) is 89.7 Å². The molecule has 14 nitrogen and oxygen atoms in total. The number of β-lactam (4-membered cyclic amide) rings is 1. The van der Waals surface area contributed by atoms with Gasteiger partial charge in [-0.3, -0.25) is 19.3 Å². The number of carbonyl (C=O) groups excluding carboxylic acids is 3. The Kier molecular flexibility index (Phi) is 8.24. The number of thioether (sulfide) groups is 2. The van der Waals surface area contributed by atoms with Crippen molar-refractivity contribution in [1.82, 2.24) is 30.0 Å². The lowest BCUT2D eigenvalue weighted by Gasteiger charge is -2.49. The third-order valence-electron chi connectivity index (χ3n) is 5.14. The number of hydrogen-bond acceptors (Lipinski definition) is 12. The summed E-state index contributed by atoms with van der Waals surface area (Å²) in [7, 11) is 1.25. The molecule has 4 rings (SSSR count). The summed E-state index contributed by atoms with van der Waals surface area (Å²) in [5.74, 6) is -1.88. The summed E-state index contributed by atoms with van der Waals surface area (Å²) >= 11 is 3.73. The Balaban J connectivity index is 1.48. The Morgan fingerprint density at radius 2 is 2.27 bits per heavy atom. The van der Waals surface area contributed by atoms with E-state index in [1.54, 1.807) is 17.0 Å². The molecule has 2 aliphatic heterocycles. The van der Waals surface area contributed by atoms with E-state index in [-0.39, 0.29) is 22.2 Å². The van der Waals surface area contributed by atoms with Crippen LogP contribution in [0.2, 0.25) is 0 Å². The predicted molar refractivity (Wildman–Crippen MR) is 136 cm³/mol. The maximum absolute atomic E-state index is 13.0. The first kappa shape index (κ1) is 26.4. The van der Waals surface area contributed by atoms with Crippen molar-refractivity contribution >= 4 is 69.9 Å². The highest BCUT2D eigenvalue weighted by Gasteiger charge is 2.54. The second-order valence-corrected chi connectivity index (χ2v) is 10.3. The van der Waals surface area contributed by atoms with Crippen LogP contribution in [0.1, 0.15) is 5.69 Å². The monoisotopic (exact) mass is 564 g/mol. The Morgan fingerprint density at radius 1 is 1.46 bits per heavy atom. The van der Waals surface area contributed by atoms with Crippen molar-refractivity contribution in [1.29, 1.82) is 0 Å². The van der Waals surface area contributed by atoms with Gasteiger partial charge in [-0.2, -0.15) is 0 Å². The van der Waals surface area contributed by atoms with Crippen LogP contribution in [0.5, 0.6) is 0 Å². The van der Waals surface area contributed by atoms with Gasteiger partial charge >= 0.3 is 5.97 Å². The fourth-order valence-corrected chi connectivity index (χ4v) is 6.64.